The van der Waals surface area contributed by atoms with Crippen LogP contribution in [0, 0.1) is 5.41 Å². The maximum atomic E-state index is 12.6. The van der Waals surface area contributed by atoms with Gasteiger partial charge in [-0.2, -0.15) is 0 Å². The molecule has 0 saturated heterocycles. The van der Waals surface area contributed by atoms with Crippen LogP contribution >= 0.6 is 0 Å². The standard InChI is InChI=1S/C25H32N6O2/c1-4-28-24(33)31-15-25(2,3)18-8-6-17(7-9-18)23(32)29-12-11-16-5-10-21-19(13-16)20(14-30-21)22(26)27/h5-10,13-14,30H,4,11-12,15H2,1-3H3,(H3,26,27)(H,29,32)(H2,28,31,33). The zero-order valence-electron chi connectivity index (χ0n) is 19.3. The minimum absolute atomic E-state index is 0.0262. The molecule has 0 aliphatic heterocycles. The maximum Gasteiger partial charge on any atom is 0.314 e. The SMILES string of the molecule is CCNC(=O)NCC(C)(C)c1ccc(C(=O)NCCc2ccc3[nH]cc(C(=N)N)c3c2)cc1. The van der Waals surface area contributed by atoms with Crippen molar-refractivity contribution in [1.29, 1.82) is 5.41 Å². The van der Waals surface area contributed by atoms with Crippen molar-refractivity contribution in [2.45, 2.75) is 32.6 Å². The molecule has 0 unspecified atom stereocenters. The van der Waals surface area contributed by atoms with Crippen LogP contribution in [0.5, 0.6) is 0 Å². The van der Waals surface area contributed by atoms with E-state index in [9.17, 15) is 9.59 Å². The molecule has 1 heterocycles. The molecular weight excluding hydrogens is 416 g/mol. The van der Waals surface area contributed by atoms with Gasteiger partial charge in [-0.15, -0.1) is 0 Å². The van der Waals surface area contributed by atoms with Crippen LogP contribution in [-0.4, -0.2) is 42.4 Å². The first-order chi connectivity index (χ1) is 15.7. The number of carbonyl (C=O) groups excluding carboxylic acids is 2. The number of amidine groups is 1. The Balaban J connectivity index is 1.55. The van der Waals surface area contributed by atoms with E-state index in [4.69, 9.17) is 11.1 Å². The predicted octanol–water partition coefficient (Wildman–Crippen LogP) is 3.02. The highest BCUT2D eigenvalue weighted by atomic mass is 16.2. The molecule has 0 saturated carbocycles. The third kappa shape index (κ3) is 5.91. The van der Waals surface area contributed by atoms with Gasteiger partial charge in [0.25, 0.3) is 5.91 Å². The molecule has 0 fully saturated rings. The van der Waals surface area contributed by atoms with Gasteiger partial charge >= 0.3 is 6.03 Å². The number of aromatic amines is 1. The largest absolute Gasteiger partial charge is 0.384 e. The Morgan fingerprint density at radius 1 is 1.06 bits per heavy atom. The third-order valence-corrected chi connectivity index (χ3v) is 5.69. The Labute approximate surface area is 193 Å². The first-order valence-electron chi connectivity index (χ1n) is 11.1. The number of urea groups is 1. The molecule has 7 N–H and O–H groups in total. The Morgan fingerprint density at radius 3 is 2.45 bits per heavy atom. The number of hydrogen-bond donors (Lipinski definition) is 6. The fourth-order valence-corrected chi connectivity index (χ4v) is 3.67. The zero-order valence-corrected chi connectivity index (χ0v) is 19.3. The zero-order chi connectivity index (χ0) is 24.0. The van der Waals surface area contributed by atoms with Gasteiger partial charge < -0.3 is 26.7 Å². The number of fused-ring (bicyclic) bond motifs is 1. The number of aromatic nitrogens is 1. The van der Waals surface area contributed by atoms with E-state index < -0.39 is 0 Å². The molecule has 174 valence electrons. The molecule has 33 heavy (non-hydrogen) atoms. The van der Waals surface area contributed by atoms with Crippen molar-refractivity contribution in [3.8, 4) is 0 Å². The highest BCUT2D eigenvalue weighted by Gasteiger charge is 2.21. The molecule has 8 heteroatoms. The fourth-order valence-electron chi connectivity index (χ4n) is 3.67. The summed E-state index contributed by atoms with van der Waals surface area (Å²) in [4.78, 5) is 27.4. The second kappa shape index (κ2) is 10.2. The molecule has 2 aromatic carbocycles. The predicted molar refractivity (Wildman–Crippen MR) is 132 cm³/mol. The van der Waals surface area contributed by atoms with Gasteiger partial charge in [-0.25, -0.2) is 4.79 Å². The van der Waals surface area contributed by atoms with E-state index >= 15 is 0 Å². The summed E-state index contributed by atoms with van der Waals surface area (Å²) in [5.74, 6) is -0.106. The quantitative estimate of drug-likeness (QED) is 0.222. The molecule has 0 atom stereocenters. The van der Waals surface area contributed by atoms with Gasteiger partial charge in [0.15, 0.2) is 0 Å². The number of benzene rings is 2. The number of rotatable bonds is 9. The first-order valence-corrected chi connectivity index (χ1v) is 11.1. The lowest BCUT2D eigenvalue weighted by atomic mass is 9.84. The van der Waals surface area contributed by atoms with Gasteiger partial charge in [0.05, 0.1) is 0 Å². The van der Waals surface area contributed by atoms with Gasteiger partial charge in [-0.1, -0.05) is 32.0 Å². The summed E-state index contributed by atoms with van der Waals surface area (Å²) < 4.78 is 0. The monoisotopic (exact) mass is 448 g/mol. The van der Waals surface area contributed by atoms with Gasteiger partial charge in [0.2, 0.25) is 0 Å². The van der Waals surface area contributed by atoms with Crippen LogP contribution in [0.1, 0.15) is 47.8 Å². The van der Waals surface area contributed by atoms with Crippen molar-refractivity contribution in [3.05, 3.63) is 70.9 Å². The summed E-state index contributed by atoms with van der Waals surface area (Å²) in [5, 5.41) is 17.1. The molecule has 8 nitrogen and oxygen atoms in total. The van der Waals surface area contributed by atoms with E-state index in [1.54, 1.807) is 6.20 Å². The minimum Gasteiger partial charge on any atom is -0.384 e. The third-order valence-electron chi connectivity index (χ3n) is 5.69. The molecule has 3 rings (SSSR count). The molecular formula is C25H32N6O2. The summed E-state index contributed by atoms with van der Waals surface area (Å²) in [6, 6.07) is 13.2. The topological polar surface area (TPSA) is 136 Å². The van der Waals surface area contributed by atoms with Crippen LogP contribution in [0.2, 0.25) is 0 Å². The van der Waals surface area contributed by atoms with Gasteiger partial charge in [0.1, 0.15) is 5.84 Å². The number of nitrogen functional groups attached to an aromatic ring is 1. The molecule has 3 amide bonds. The normalized spacial score (nSPS) is 11.2. The summed E-state index contributed by atoms with van der Waals surface area (Å²) >= 11 is 0. The Morgan fingerprint density at radius 2 is 1.79 bits per heavy atom. The Bertz CT molecular complexity index is 1150. The summed E-state index contributed by atoms with van der Waals surface area (Å²) in [6.07, 6.45) is 2.40. The minimum atomic E-state index is -0.268. The number of carbonyl (C=O) groups is 2. The van der Waals surface area contributed by atoms with Gasteiger partial charge in [-0.05, 0) is 48.7 Å². The van der Waals surface area contributed by atoms with Crippen molar-refractivity contribution in [2.24, 2.45) is 5.73 Å². The van der Waals surface area contributed by atoms with E-state index in [1.807, 2.05) is 63.2 Å². The summed E-state index contributed by atoms with van der Waals surface area (Å²) in [5.41, 5.74) is 9.67. The van der Waals surface area contributed by atoms with Crippen molar-refractivity contribution in [1.82, 2.24) is 20.9 Å². The van der Waals surface area contributed by atoms with Crippen LogP contribution in [0.25, 0.3) is 10.9 Å². The lowest BCUT2D eigenvalue weighted by molar-refractivity contribution is 0.0954. The maximum absolute atomic E-state index is 12.6. The van der Waals surface area contributed by atoms with Crippen molar-refractivity contribution < 1.29 is 9.59 Å². The van der Waals surface area contributed by atoms with Gasteiger partial charge in [-0.3, -0.25) is 10.2 Å². The molecule has 1 aromatic heterocycles. The molecule has 0 aliphatic rings. The molecule has 3 aromatic rings. The van der Waals surface area contributed by atoms with Crippen molar-refractivity contribution in [2.75, 3.05) is 19.6 Å². The second-order valence-electron chi connectivity index (χ2n) is 8.68. The van der Waals surface area contributed by atoms with Crippen molar-refractivity contribution >= 4 is 28.7 Å². The summed E-state index contributed by atoms with van der Waals surface area (Å²) in [7, 11) is 0. The van der Waals surface area contributed by atoms with Crippen molar-refractivity contribution in [3.63, 3.8) is 0 Å². The van der Waals surface area contributed by atoms with E-state index in [0.29, 0.717) is 37.2 Å². The van der Waals surface area contributed by atoms with E-state index in [2.05, 4.69) is 20.9 Å². The number of amides is 3. The molecule has 0 bridgehead atoms. The Hall–Kier alpha value is -3.81. The smallest absolute Gasteiger partial charge is 0.314 e. The lowest BCUT2D eigenvalue weighted by Crippen LogP contribution is -2.42. The average molecular weight is 449 g/mol. The molecule has 0 radical (unpaired) electrons. The number of nitrogens with two attached hydrogens (primary N) is 1. The van der Waals surface area contributed by atoms with Crippen LogP contribution in [0.15, 0.2) is 48.7 Å². The van der Waals surface area contributed by atoms with Gasteiger partial charge in [0, 0.05) is 53.3 Å². The number of hydrogen-bond acceptors (Lipinski definition) is 3. The second-order valence-corrected chi connectivity index (χ2v) is 8.68. The highest BCUT2D eigenvalue weighted by Crippen LogP contribution is 2.23. The molecule has 0 spiro atoms. The van der Waals surface area contributed by atoms with Crippen LogP contribution in [-0.2, 0) is 11.8 Å². The van der Waals surface area contributed by atoms with E-state index in [0.717, 1.165) is 22.0 Å². The Kier molecular flexibility index (Phi) is 7.37. The van der Waals surface area contributed by atoms with E-state index in [1.165, 1.54) is 0 Å². The molecule has 0 aliphatic carbocycles. The lowest BCUT2D eigenvalue weighted by Gasteiger charge is -2.26. The number of H-pyrrole nitrogens is 1. The van der Waals surface area contributed by atoms with Crippen LogP contribution in [0.3, 0.4) is 0 Å². The summed E-state index contributed by atoms with van der Waals surface area (Å²) in [6.45, 7) is 7.53. The first kappa shape index (κ1) is 23.8. The van der Waals surface area contributed by atoms with Crippen LogP contribution < -0.4 is 21.7 Å². The average Bonchev–Trinajstić information content (AvgIpc) is 3.22. The van der Waals surface area contributed by atoms with E-state index in [-0.39, 0.29) is 23.2 Å². The van der Waals surface area contributed by atoms with Crippen LogP contribution in [0.4, 0.5) is 4.79 Å². The fraction of sp³-hybridized carbons (Fsp3) is 0.320. The number of nitrogens with one attached hydrogen (secondary N) is 5. The highest BCUT2D eigenvalue weighted by molar-refractivity contribution is 6.07.